The topological polar surface area (TPSA) is 125 Å². The van der Waals surface area contributed by atoms with E-state index in [-0.39, 0.29) is 11.1 Å². The van der Waals surface area contributed by atoms with Gasteiger partial charge in [0.15, 0.2) is 6.61 Å². The van der Waals surface area contributed by atoms with Crippen LogP contribution in [-0.4, -0.2) is 36.5 Å². The number of halogens is 1. The predicted octanol–water partition coefficient (Wildman–Crippen LogP) is 3.14. The lowest BCUT2D eigenvalue weighted by molar-refractivity contribution is -0.384. The normalized spacial score (nSPS) is 10.1. The van der Waals surface area contributed by atoms with Gasteiger partial charge in [0.1, 0.15) is 0 Å². The van der Waals surface area contributed by atoms with Crippen LogP contribution in [0.25, 0.3) is 0 Å². The van der Waals surface area contributed by atoms with Crippen molar-refractivity contribution in [1.82, 2.24) is 0 Å². The number of methoxy groups -OCH3 is 1. The maximum Gasteiger partial charge on any atom is 0.338 e. The molecule has 0 aromatic heterocycles. The molecule has 2 aromatic carbocycles. The van der Waals surface area contributed by atoms with Crippen molar-refractivity contribution in [2.45, 2.75) is 6.92 Å². The van der Waals surface area contributed by atoms with E-state index in [9.17, 15) is 24.5 Å². The van der Waals surface area contributed by atoms with Crippen LogP contribution in [0.4, 0.5) is 11.4 Å². The van der Waals surface area contributed by atoms with E-state index in [1.54, 1.807) is 25.1 Å². The Labute approximate surface area is 164 Å². The molecule has 0 saturated carbocycles. The largest absolute Gasteiger partial charge is 0.465 e. The molecule has 9 nitrogen and oxygen atoms in total. The fourth-order valence-corrected chi connectivity index (χ4v) is 2.33. The number of aryl methyl sites for hydroxylation is 1. The van der Waals surface area contributed by atoms with Crippen molar-refractivity contribution in [3.63, 3.8) is 0 Å². The van der Waals surface area contributed by atoms with Crippen LogP contribution in [0, 0.1) is 17.0 Å². The molecule has 0 bridgehead atoms. The van der Waals surface area contributed by atoms with Crippen LogP contribution in [0.5, 0.6) is 0 Å². The highest BCUT2D eigenvalue weighted by atomic mass is 35.5. The zero-order chi connectivity index (χ0) is 20.8. The standard InChI is InChI=1S/C18H15ClN2O7/c1-10-3-4-13(8-15(10)19)20-16(22)9-28-18(24)12-5-11(17(23)27-2)6-14(7-12)21(25)26/h3-8H,9H2,1-2H3,(H,20,22). The Morgan fingerprint density at radius 2 is 1.75 bits per heavy atom. The molecule has 2 aromatic rings. The molecule has 10 heteroatoms. The van der Waals surface area contributed by atoms with Gasteiger partial charge in [-0.15, -0.1) is 0 Å². The second kappa shape index (κ2) is 8.96. The van der Waals surface area contributed by atoms with Crippen LogP contribution in [-0.2, 0) is 14.3 Å². The molecule has 2 rings (SSSR count). The highest BCUT2D eigenvalue weighted by Crippen LogP contribution is 2.20. The van der Waals surface area contributed by atoms with Crippen LogP contribution in [0.3, 0.4) is 0 Å². The lowest BCUT2D eigenvalue weighted by atomic mass is 10.1. The minimum Gasteiger partial charge on any atom is -0.465 e. The zero-order valence-electron chi connectivity index (χ0n) is 14.9. The average Bonchev–Trinajstić information content (AvgIpc) is 2.67. The average molecular weight is 407 g/mol. The molecule has 0 radical (unpaired) electrons. The first-order chi connectivity index (χ1) is 13.2. The summed E-state index contributed by atoms with van der Waals surface area (Å²) >= 11 is 5.97. The third-order valence-corrected chi connectivity index (χ3v) is 3.98. The monoisotopic (exact) mass is 406 g/mol. The molecular weight excluding hydrogens is 392 g/mol. The summed E-state index contributed by atoms with van der Waals surface area (Å²) in [6.45, 7) is 1.16. The van der Waals surface area contributed by atoms with Gasteiger partial charge in [0, 0.05) is 22.8 Å². The highest BCUT2D eigenvalue weighted by molar-refractivity contribution is 6.31. The molecule has 0 spiro atoms. The van der Waals surface area contributed by atoms with Gasteiger partial charge >= 0.3 is 11.9 Å². The van der Waals surface area contributed by atoms with E-state index in [2.05, 4.69) is 10.1 Å². The van der Waals surface area contributed by atoms with Gasteiger partial charge in [0.05, 0.1) is 23.2 Å². The van der Waals surface area contributed by atoms with Crippen LogP contribution in [0.1, 0.15) is 26.3 Å². The Morgan fingerprint density at radius 1 is 1.11 bits per heavy atom. The SMILES string of the molecule is COC(=O)c1cc(C(=O)OCC(=O)Nc2ccc(C)c(Cl)c2)cc([N+](=O)[O-])c1. The second-order valence-electron chi connectivity index (χ2n) is 5.61. The Balaban J connectivity index is 2.08. The van der Waals surface area contributed by atoms with E-state index in [1.165, 1.54) is 0 Å². The van der Waals surface area contributed by atoms with Crippen LogP contribution in [0.15, 0.2) is 36.4 Å². The number of non-ortho nitro benzene ring substituents is 1. The molecule has 1 N–H and O–H groups in total. The Bertz CT molecular complexity index is 959. The number of amides is 1. The number of nitro benzene ring substituents is 1. The Kier molecular flexibility index (Phi) is 6.67. The van der Waals surface area contributed by atoms with Crippen molar-refractivity contribution in [3.8, 4) is 0 Å². The fourth-order valence-electron chi connectivity index (χ4n) is 2.15. The van der Waals surface area contributed by atoms with Gasteiger partial charge in [-0.3, -0.25) is 14.9 Å². The molecule has 0 aliphatic heterocycles. The lowest BCUT2D eigenvalue weighted by Crippen LogP contribution is -2.21. The maximum absolute atomic E-state index is 12.1. The summed E-state index contributed by atoms with van der Waals surface area (Å²) < 4.78 is 9.36. The van der Waals surface area contributed by atoms with Gasteiger partial charge in [-0.1, -0.05) is 17.7 Å². The van der Waals surface area contributed by atoms with Crippen LogP contribution >= 0.6 is 11.6 Å². The Hall–Kier alpha value is -3.46. The first-order valence-corrected chi connectivity index (χ1v) is 8.20. The van der Waals surface area contributed by atoms with Crippen molar-refractivity contribution < 1.29 is 28.8 Å². The summed E-state index contributed by atoms with van der Waals surface area (Å²) in [5, 5.41) is 13.9. The smallest absolute Gasteiger partial charge is 0.338 e. The number of benzene rings is 2. The van der Waals surface area contributed by atoms with Gasteiger partial charge in [0.2, 0.25) is 0 Å². The maximum atomic E-state index is 12.1. The van der Waals surface area contributed by atoms with Crippen molar-refractivity contribution in [2.24, 2.45) is 0 Å². The first-order valence-electron chi connectivity index (χ1n) is 7.82. The van der Waals surface area contributed by atoms with E-state index >= 15 is 0 Å². The van der Waals surface area contributed by atoms with E-state index in [4.69, 9.17) is 16.3 Å². The van der Waals surface area contributed by atoms with Crippen LogP contribution in [0.2, 0.25) is 5.02 Å². The number of esters is 2. The van der Waals surface area contributed by atoms with E-state index in [0.717, 1.165) is 30.9 Å². The molecule has 0 atom stereocenters. The number of anilines is 1. The highest BCUT2D eigenvalue weighted by Gasteiger charge is 2.20. The van der Waals surface area contributed by atoms with Gasteiger partial charge in [-0.05, 0) is 30.7 Å². The van der Waals surface area contributed by atoms with Gasteiger partial charge in [-0.2, -0.15) is 0 Å². The molecule has 0 aliphatic carbocycles. The number of carbonyl (C=O) groups is 3. The zero-order valence-corrected chi connectivity index (χ0v) is 15.6. The number of ether oxygens (including phenoxy) is 2. The van der Waals surface area contributed by atoms with Gasteiger partial charge in [0.25, 0.3) is 11.6 Å². The molecular formula is C18H15ClN2O7. The summed E-state index contributed by atoms with van der Waals surface area (Å²) in [7, 11) is 1.10. The predicted molar refractivity (Wildman–Crippen MR) is 99.5 cm³/mol. The van der Waals surface area contributed by atoms with Crippen molar-refractivity contribution in [1.29, 1.82) is 0 Å². The number of nitrogens with zero attached hydrogens (tertiary/aromatic N) is 1. The summed E-state index contributed by atoms with van der Waals surface area (Å²) in [5.41, 5.74) is 0.301. The summed E-state index contributed by atoms with van der Waals surface area (Å²) in [5.74, 6) is -2.50. The number of hydrogen-bond donors (Lipinski definition) is 1. The van der Waals surface area contributed by atoms with Gasteiger partial charge in [-0.25, -0.2) is 9.59 Å². The van der Waals surface area contributed by atoms with E-state index in [1.807, 2.05) is 0 Å². The van der Waals surface area contributed by atoms with Crippen LogP contribution < -0.4 is 5.32 Å². The van der Waals surface area contributed by atoms with Crippen molar-refractivity contribution in [2.75, 3.05) is 19.0 Å². The number of nitrogens with one attached hydrogen (secondary N) is 1. The molecule has 0 saturated heterocycles. The quantitative estimate of drug-likeness (QED) is 0.443. The first kappa shape index (κ1) is 20.8. The number of hydrogen-bond acceptors (Lipinski definition) is 7. The summed E-state index contributed by atoms with van der Waals surface area (Å²) in [6, 6.07) is 7.87. The molecule has 1 amide bonds. The van der Waals surface area contributed by atoms with E-state index < -0.39 is 35.1 Å². The molecule has 0 aliphatic rings. The molecule has 0 fully saturated rings. The Morgan fingerprint density at radius 3 is 2.32 bits per heavy atom. The number of nitro groups is 1. The van der Waals surface area contributed by atoms with Crippen molar-refractivity contribution >= 4 is 40.8 Å². The molecule has 0 heterocycles. The van der Waals surface area contributed by atoms with Gasteiger partial charge < -0.3 is 14.8 Å². The van der Waals surface area contributed by atoms with Crippen molar-refractivity contribution in [3.05, 3.63) is 68.2 Å². The third kappa shape index (κ3) is 5.27. The summed E-state index contributed by atoms with van der Waals surface area (Å²) in [6.07, 6.45) is 0. The fraction of sp³-hybridized carbons (Fsp3) is 0.167. The number of carbonyl (C=O) groups excluding carboxylic acids is 3. The molecule has 0 unspecified atom stereocenters. The molecule has 28 heavy (non-hydrogen) atoms. The minimum atomic E-state index is -1.01. The molecule has 146 valence electrons. The summed E-state index contributed by atoms with van der Waals surface area (Å²) in [4.78, 5) is 45.9. The second-order valence-corrected chi connectivity index (χ2v) is 6.01. The third-order valence-electron chi connectivity index (χ3n) is 3.58. The van der Waals surface area contributed by atoms with E-state index in [0.29, 0.717) is 10.7 Å². The minimum absolute atomic E-state index is 0.192. The lowest BCUT2D eigenvalue weighted by Gasteiger charge is -2.08. The number of rotatable bonds is 6.